The molecule has 3 unspecified atom stereocenters. The maximum absolute atomic E-state index is 13.0. The normalized spacial score (nSPS) is 19.3. The Morgan fingerprint density at radius 2 is 1.88 bits per heavy atom. The molecule has 0 radical (unpaired) electrons. The molecule has 1 fully saturated rings. The minimum Gasteiger partial charge on any atom is -0.414 e. The Bertz CT molecular complexity index is 1380. The van der Waals surface area contributed by atoms with E-state index in [4.69, 9.17) is 9.16 Å². The molecule has 0 spiro atoms. The van der Waals surface area contributed by atoms with E-state index in [9.17, 15) is 32.7 Å². The first-order valence-electron chi connectivity index (χ1n) is 12.8. The van der Waals surface area contributed by atoms with Gasteiger partial charge in [0.1, 0.15) is 12.3 Å². The van der Waals surface area contributed by atoms with Crippen LogP contribution in [0.2, 0.25) is 18.1 Å². The molecule has 1 saturated heterocycles. The fraction of sp³-hybridized carbons (Fsp3) is 0.481. The largest absolute Gasteiger partial charge is 0.471 e. The number of aliphatic hydroxyl groups excluding tert-OH is 1. The van der Waals surface area contributed by atoms with E-state index in [0.29, 0.717) is 0 Å². The number of amides is 2. The van der Waals surface area contributed by atoms with Crippen LogP contribution in [0.5, 0.6) is 0 Å². The lowest BCUT2D eigenvalue weighted by Crippen LogP contribution is -2.43. The van der Waals surface area contributed by atoms with Crippen LogP contribution in [0.4, 0.5) is 19.0 Å². The van der Waals surface area contributed by atoms with Gasteiger partial charge in [-0.1, -0.05) is 50.8 Å². The number of benzene rings is 1. The zero-order valence-electron chi connectivity index (χ0n) is 23.3. The van der Waals surface area contributed by atoms with Gasteiger partial charge in [-0.15, -0.1) is 0 Å². The van der Waals surface area contributed by atoms with Crippen molar-refractivity contribution in [1.29, 1.82) is 0 Å². The number of carbonyl (C=O) groups excluding carboxylic acids is 2. The van der Waals surface area contributed by atoms with Crippen molar-refractivity contribution in [2.24, 2.45) is 0 Å². The molecule has 41 heavy (non-hydrogen) atoms. The first kappa shape index (κ1) is 32.0. The van der Waals surface area contributed by atoms with Crippen LogP contribution in [0.25, 0.3) is 0 Å². The molecule has 10 nitrogen and oxygen atoms in total. The average Bonchev–Trinajstić information content (AvgIpc) is 3.25. The van der Waals surface area contributed by atoms with E-state index in [1.807, 2.05) is 0 Å². The summed E-state index contributed by atoms with van der Waals surface area (Å²) in [6.07, 6.45) is -6.40. The van der Waals surface area contributed by atoms with Crippen LogP contribution in [-0.4, -0.2) is 66.3 Å². The van der Waals surface area contributed by atoms with Crippen LogP contribution in [0.1, 0.15) is 49.3 Å². The fourth-order valence-corrected chi connectivity index (χ4v) is 4.55. The van der Waals surface area contributed by atoms with Gasteiger partial charge in [0, 0.05) is 18.2 Å². The summed E-state index contributed by atoms with van der Waals surface area (Å²) in [5, 5.41) is 14.7. The third-order valence-corrected chi connectivity index (χ3v) is 11.5. The molecule has 1 aromatic carbocycles. The third kappa shape index (κ3) is 8.26. The number of nitrogens with one attached hydrogen (secondary N) is 2. The van der Waals surface area contributed by atoms with Crippen LogP contribution >= 0.6 is 0 Å². The summed E-state index contributed by atoms with van der Waals surface area (Å²) in [5.74, 6) is 1.93. The monoisotopic (exact) mass is 594 g/mol. The molecule has 0 bridgehead atoms. The summed E-state index contributed by atoms with van der Waals surface area (Å²) in [7, 11) is -2.14. The zero-order valence-corrected chi connectivity index (χ0v) is 24.3. The molecule has 1 aromatic heterocycles. The van der Waals surface area contributed by atoms with Gasteiger partial charge in [0.15, 0.2) is 14.1 Å². The molecule has 222 valence electrons. The Balaban J connectivity index is 1.86. The van der Waals surface area contributed by atoms with Crippen LogP contribution < -0.4 is 16.3 Å². The second-order valence-electron chi connectivity index (χ2n) is 11.0. The second kappa shape index (κ2) is 12.6. The Labute approximate surface area is 236 Å². The van der Waals surface area contributed by atoms with Crippen LogP contribution in [-0.2, 0) is 14.0 Å². The smallest absolute Gasteiger partial charge is 0.414 e. The summed E-state index contributed by atoms with van der Waals surface area (Å²) >= 11 is 0. The van der Waals surface area contributed by atoms with E-state index in [1.54, 1.807) is 23.5 Å². The topological polar surface area (TPSA) is 132 Å². The summed E-state index contributed by atoms with van der Waals surface area (Å²) in [6, 6.07) is 8.06. The number of anilines is 1. The lowest BCUT2D eigenvalue weighted by atomic mass is 10.2. The molecule has 0 aliphatic carbocycles. The lowest BCUT2D eigenvalue weighted by molar-refractivity contribution is -0.173. The number of hydrogen-bond acceptors (Lipinski definition) is 7. The Morgan fingerprint density at radius 1 is 1.22 bits per heavy atom. The maximum Gasteiger partial charge on any atom is 0.471 e. The van der Waals surface area contributed by atoms with Gasteiger partial charge < -0.3 is 24.9 Å². The van der Waals surface area contributed by atoms with Crippen molar-refractivity contribution in [2.75, 3.05) is 18.5 Å². The van der Waals surface area contributed by atoms with E-state index in [1.165, 1.54) is 18.3 Å². The van der Waals surface area contributed by atoms with Gasteiger partial charge in [0.05, 0.1) is 24.8 Å². The van der Waals surface area contributed by atoms with E-state index < -0.39 is 57.0 Å². The molecule has 2 heterocycles. The summed E-state index contributed by atoms with van der Waals surface area (Å²) in [6.45, 7) is 9.81. The molecule has 1 aliphatic rings. The predicted molar refractivity (Wildman–Crippen MR) is 147 cm³/mol. The van der Waals surface area contributed by atoms with E-state index in [-0.39, 0.29) is 35.0 Å². The zero-order chi connectivity index (χ0) is 30.6. The number of aliphatic hydroxyl groups is 1. The molecule has 14 heteroatoms. The quantitative estimate of drug-likeness (QED) is 0.331. The number of alkyl halides is 3. The minimum absolute atomic E-state index is 0.0193. The van der Waals surface area contributed by atoms with Gasteiger partial charge in [0.25, 0.3) is 5.91 Å². The number of aromatic nitrogens is 2. The van der Waals surface area contributed by atoms with Crippen molar-refractivity contribution in [3.63, 3.8) is 0 Å². The molecular weight excluding hydrogens is 561 g/mol. The van der Waals surface area contributed by atoms with Gasteiger partial charge >= 0.3 is 17.8 Å². The molecule has 2 aromatic rings. The van der Waals surface area contributed by atoms with E-state index in [2.05, 4.69) is 56.0 Å². The molecule has 3 N–H and O–H groups in total. The molecule has 3 rings (SSSR count). The SMILES string of the molecule is CC(C)(C)[Si](C)(C)OCC1OC(n2cc(C#CCNC(=O)C(F)(F)F)c(NC(=O)c3ccccc3)nc2=O)CC1O. The highest BCUT2D eigenvalue weighted by Gasteiger charge is 2.41. The van der Waals surface area contributed by atoms with Gasteiger partial charge in [-0.05, 0) is 30.3 Å². The van der Waals surface area contributed by atoms with Gasteiger partial charge in [0.2, 0.25) is 0 Å². The van der Waals surface area contributed by atoms with Crippen molar-refractivity contribution >= 4 is 25.9 Å². The number of hydrogen-bond donors (Lipinski definition) is 3. The lowest BCUT2D eigenvalue weighted by Gasteiger charge is -2.37. The molecule has 2 amide bonds. The first-order chi connectivity index (χ1) is 19.0. The van der Waals surface area contributed by atoms with Gasteiger partial charge in [-0.25, -0.2) is 4.79 Å². The molecule has 1 aliphatic heterocycles. The molecule has 3 atom stereocenters. The molecule has 0 saturated carbocycles. The summed E-state index contributed by atoms with van der Waals surface area (Å²) in [5.41, 5.74) is -0.566. The summed E-state index contributed by atoms with van der Waals surface area (Å²) < 4.78 is 50.6. The maximum atomic E-state index is 13.0. The number of carbonyl (C=O) groups is 2. The number of halogens is 3. The van der Waals surface area contributed by atoms with Crippen LogP contribution in [0.15, 0.2) is 41.3 Å². The van der Waals surface area contributed by atoms with Crippen molar-refractivity contribution in [1.82, 2.24) is 14.9 Å². The number of nitrogens with zero attached hydrogens (tertiary/aromatic N) is 2. The van der Waals surface area contributed by atoms with Crippen molar-refractivity contribution in [3.8, 4) is 11.8 Å². The highest BCUT2D eigenvalue weighted by atomic mass is 28.4. The highest BCUT2D eigenvalue weighted by Crippen LogP contribution is 2.37. The summed E-state index contributed by atoms with van der Waals surface area (Å²) in [4.78, 5) is 40.7. The Morgan fingerprint density at radius 3 is 2.49 bits per heavy atom. The second-order valence-corrected chi connectivity index (χ2v) is 15.8. The number of rotatable bonds is 7. The van der Waals surface area contributed by atoms with Crippen molar-refractivity contribution in [3.05, 3.63) is 58.1 Å². The van der Waals surface area contributed by atoms with Crippen LogP contribution in [0, 0.1) is 11.8 Å². The van der Waals surface area contributed by atoms with E-state index >= 15 is 0 Å². The average molecular weight is 595 g/mol. The standard InChI is InChI=1S/C27H33F3N4O6Si/c1-26(2,3)41(4,5)39-16-20-19(35)14-21(40-20)34-15-18(12-9-13-31-24(37)27(28,29)30)22(33-25(34)38)32-23(36)17-10-7-6-8-11-17/h6-8,10-11,15,19-21,35H,13-14,16H2,1-5H3,(H,31,37)(H,32,33,36,38). The Hall–Kier alpha value is -3.51. The van der Waals surface area contributed by atoms with Gasteiger partial charge in [-0.2, -0.15) is 18.2 Å². The minimum atomic E-state index is -5.07. The first-order valence-corrected chi connectivity index (χ1v) is 15.7. The predicted octanol–water partition coefficient (Wildman–Crippen LogP) is 3.20. The molecular formula is C27H33F3N4O6Si. The third-order valence-electron chi connectivity index (χ3n) is 6.97. The number of ether oxygens (including phenoxy) is 1. The van der Waals surface area contributed by atoms with Crippen molar-refractivity contribution < 1.29 is 37.0 Å². The van der Waals surface area contributed by atoms with E-state index in [0.717, 1.165) is 4.57 Å². The Kier molecular flexibility index (Phi) is 9.80. The van der Waals surface area contributed by atoms with Crippen LogP contribution in [0.3, 0.4) is 0 Å². The van der Waals surface area contributed by atoms with Crippen molar-refractivity contribution in [2.45, 2.75) is 69.9 Å². The highest BCUT2D eigenvalue weighted by molar-refractivity contribution is 6.74. The fourth-order valence-electron chi connectivity index (χ4n) is 3.54. The van der Waals surface area contributed by atoms with Gasteiger partial charge in [-0.3, -0.25) is 14.2 Å².